The minimum Gasteiger partial charge on any atom is -0.452 e. The van der Waals surface area contributed by atoms with Crippen molar-refractivity contribution >= 4 is 11.6 Å². The number of halogens is 1. The van der Waals surface area contributed by atoms with Crippen LogP contribution >= 0.6 is 0 Å². The van der Waals surface area contributed by atoms with E-state index in [1.807, 2.05) is 0 Å². The monoisotopic (exact) mass is 275 g/mol. The highest BCUT2D eigenvalue weighted by Crippen LogP contribution is 2.33. The van der Waals surface area contributed by atoms with Crippen LogP contribution in [0.2, 0.25) is 0 Å². The van der Waals surface area contributed by atoms with Crippen LogP contribution in [-0.4, -0.2) is 11.0 Å². The molecule has 0 aliphatic rings. The SMILES string of the molecule is CC(=O)Nc1ccccc1Oc1c(F)cccc1CO. The normalized spacial score (nSPS) is 10.2. The van der Waals surface area contributed by atoms with Crippen molar-refractivity contribution < 1.29 is 19.0 Å². The predicted octanol–water partition coefficient (Wildman–Crippen LogP) is 3.07. The molecule has 5 heteroatoms. The Morgan fingerprint density at radius 3 is 2.70 bits per heavy atom. The van der Waals surface area contributed by atoms with E-state index in [2.05, 4.69) is 5.32 Å². The van der Waals surface area contributed by atoms with E-state index in [1.54, 1.807) is 30.3 Å². The standard InChI is InChI=1S/C15H14FNO3/c1-10(19)17-13-7-2-3-8-14(13)20-15-11(9-18)5-4-6-12(15)16/h2-8,18H,9H2,1H3,(H,17,19). The zero-order valence-corrected chi connectivity index (χ0v) is 10.9. The molecule has 0 saturated carbocycles. The summed E-state index contributed by atoms with van der Waals surface area (Å²) in [5, 5.41) is 11.8. The number of carbonyl (C=O) groups is 1. The maximum Gasteiger partial charge on any atom is 0.221 e. The fraction of sp³-hybridized carbons (Fsp3) is 0.133. The number of benzene rings is 2. The maximum absolute atomic E-state index is 13.8. The second-order valence-corrected chi connectivity index (χ2v) is 4.17. The van der Waals surface area contributed by atoms with E-state index in [1.165, 1.54) is 19.1 Å². The van der Waals surface area contributed by atoms with Gasteiger partial charge in [-0.3, -0.25) is 4.79 Å². The predicted molar refractivity (Wildman–Crippen MR) is 73.1 cm³/mol. The van der Waals surface area contributed by atoms with Gasteiger partial charge in [-0.25, -0.2) is 4.39 Å². The number of hydrogen-bond acceptors (Lipinski definition) is 3. The average Bonchev–Trinajstić information content (AvgIpc) is 2.42. The number of carbonyl (C=O) groups excluding carboxylic acids is 1. The first-order chi connectivity index (χ1) is 9.61. The molecule has 0 fully saturated rings. The third kappa shape index (κ3) is 3.13. The molecule has 2 N–H and O–H groups in total. The second kappa shape index (κ2) is 6.16. The Morgan fingerprint density at radius 2 is 2.00 bits per heavy atom. The molecule has 1 amide bonds. The van der Waals surface area contributed by atoms with Gasteiger partial charge in [0, 0.05) is 12.5 Å². The molecule has 0 aromatic heterocycles. The molecule has 20 heavy (non-hydrogen) atoms. The summed E-state index contributed by atoms with van der Waals surface area (Å²) in [5.41, 5.74) is 0.773. The Labute approximate surface area is 115 Å². The number of hydrogen-bond donors (Lipinski definition) is 2. The molecule has 0 aliphatic carbocycles. The van der Waals surface area contributed by atoms with Crippen molar-refractivity contribution in [3.05, 3.63) is 53.8 Å². The van der Waals surface area contributed by atoms with Crippen LogP contribution in [0.15, 0.2) is 42.5 Å². The third-order valence-electron chi connectivity index (χ3n) is 2.63. The topological polar surface area (TPSA) is 58.6 Å². The fourth-order valence-corrected chi connectivity index (χ4v) is 1.75. The van der Waals surface area contributed by atoms with Crippen molar-refractivity contribution in [3.63, 3.8) is 0 Å². The van der Waals surface area contributed by atoms with Crippen LogP contribution in [0.1, 0.15) is 12.5 Å². The summed E-state index contributed by atoms with van der Waals surface area (Å²) in [4.78, 5) is 11.1. The van der Waals surface area contributed by atoms with Crippen LogP contribution in [0, 0.1) is 5.82 Å². The number of rotatable bonds is 4. The van der Waals surface area contributed by atoms with Gasteiger partial charge in [-0.1, -0.05) is 24.3 Å². The van der Waals surface area contributed by atoms with Gasteiger partial charge in [0.25, 0.3) is 0 Å². The zero-order chi connectivity index (χ0) is 14.5. The number of anilines is 1. The van der Waals surface area contributed by atoms with Crippen LogP contribution < -0.4 is 10.1 Å². The highest BCUT2D eigenvalue weighted by atomic mass is 19.1. The molecular weight excluding hydrogens is 261 g/mol. The van der Waals surface area contributed by atoms with Crippen molar-refractivity contribution in [1.82, 2.24) is 0 Å². The molecule has 2 rings (SSSR count). The van der Waals surface area contributed by atoms with E-state index < -0.39 is 5.82 Å². The van der Waals surface area contributed by atoms with Gasteiger partial charge in [0.1, 0.15) is 0 Å². The van der Waals surface area contributed by atoms with Crippen LogP contribution in [-0.2, 0) is 11.4 Å². The van der Waals surface area contributed by atoms with Crippen molar-refractivity contribution in [2.75, 3.05) is 5.32 Å². The number of aliphatic hydroxyl groups is 1. The summed E-state index contributed by atoms with van der Waals surface area (Å²) in [7, 11) is 0. The summed E-state index contributed by atoms with van der Waals surface area (Å²) >= 11 is 0. The van der Waals surface area contributed by atoms with E-state index >= 15 is 0 Å². The van der Waals surface area contributed by atoms with E-state index in [4.69, 9.17) is 4.74 Å². The lowest BCUT2D eigenvalue weighted by molar-refractivity contribution is -0.114. The van der Waals surface area contributed by atoms with Crippen LogP contribution in [0.5, 0.6) is 11.5 Å². The van der Waals surface area contributed by atoms with Crippen molar-refractivity contribution in [3.8, 4) is 11.5 Å². The van der Waals surface area contributed by atoms with E-state index in [9.17, 15) is 14.3 Å². The van der Waals surface area contributed by atoms with Gasteiger partial charge in [0.2, 0.25) is 5.91 Å². The average molecular weight is 275 g/mol. The first kappa shape index (κ1) is 14.0. The number of aliphatic hydroxyl groups excluding tert-OH is 1. The van der Waals surface area contributed by atoms with Gasteiger partial charge in [-0.05, 0) is 18.2 Å². The molecule has 0 bridgehead atoms. The van der Waals surface area contributed by atoms with Crippen LogP contribution in [0.4, 0.5) is 10.1 Å². The number of ether oxygens (including phenoxy) is 1. The Balaban J connectivity index is 2.38. The fourth-order valence-electron chi connectivity index (χ4n) is 1.75. The molecule has 0 atom stereocenters. The van der Waals surface area contributed by atoms with Gasteiger partial charge in [0.05, 0.1) is 12.3 Å². The van der Waals surface area contributed by atoms with E-state index in [-0.39, 0.29) is 18.3 Å². The third-order valence-corrected chi connectivity index (χ3v) is 2.63. The molecule has 2 aromatic carbocycles. The number of para-hydroxylation sites is 3. The van der Waals surface area contributed by atoms with Gasteiger partial charge >= 0.3 is 0 Å². The van der Waals surface area contributed by atoms with Crippen LogP contribution in [0.25, 0.3) is 0 Å². The zero-order valence-electron chi connectivity index (χ0n) is 10.9. The Kier molecular flexibility index (Phi) is 4.32. The highest BCUT2D eigenvalue weighted by molar-refractivity contribution is 5.90. The molecule has 2 aromatic rings. The Bertz CT molecular complexity index is 628. The van der Waals surface area contributed by atoms with Gasteiger partial charge in [-0.2, -0.15) is 0 Å². The first-order valence-electron chi connectivity index (χ1n) is 6.04. The second-order valence-electron chi connectivity index (χ2n) is 4.17. The summed E-state index contributed by atoms with van der Waals surface area (Å²) < 4.78 is 19.3. The molecule has 0 heterocycles. The molecule has 0 radical (unpaired) electrons. The summed E-state index contributed by atoms with van der Waals surface area (Å²) in [6.07, 6.45) is 0. The van der Waals surface area contributed by atoms with E-state index in [0.29, 0.717) is 17.0 Å². The van der Waals surface area contributed by atoms with Crippen LogP contribution in [0.3, 0.4) is 0 Å². The summed E-state index contributed by atoms with van der Waals surface area (Å²) in [5.74, 6) is -0.568. The Hall–Kier alpha value is -2.40. The van der Waals surface area contributed by atoms with E-state index in [0.717, 1.165) is 0 Å². The lowest BCUT2D eigenvalue weighted by Gasteiger charge is -2.14. The van der Waals surface area contributed by atoms with Crippen molar-refractivity contribution in [2.45, 2.75) is 13.5 Å². The summed E-state index contributed by atoms with van der Waals surface area (Å²) in [6.45, 7) is 1.04. The van der Waals surface area contributed by atoms with Gasteiger partial charge in [-0.15, -0.1) is 0 Å². The maximum atomic E-state index is 13.8. The lowest BCUT2D eigenvalue weighted by atomic mass is 10.2. The van der Waals surface area contributed by atoms with Crippen molar-refractivity contribution in [2.24, 2.45) is 0 Å². The van der Waals surface area contributed by atoms with Crippen molar-refractivity contribution in [1.29, 1.82) is 0 Å². The molecule has 104 valence electrons. The summed E-state index contributed by atoms with van der Waals surface area (Å²) in [6, 6.07) is 11.0. The number of nitrogens with one attached hydrogen (secondary N) is 1. The number of amides is 1. The quantitative estimate of drug-likeness (QED) is 0.901. The Morgan fingerprint density at radius 1 is 1.25 bits per heavy atom. The minimum absolute atomic E-state index is 0.0483. The minimum atomic E-state index is -0.575. The lowest BCUT2D eigenvalue weighted by Crippen LogP contribution is -2.07. The smallest absolute Gasteiger partial charge is 0.221 e. The van der Waals surface area contributed by atoms with Gasteiger partial charge in [0.15, 0.2) is 17.3 Å². The first-order valence-corrected chi connectivity index (χ1v) is 6.04. The van der Waals surface area contributed by atoms with Gasteiger partial charge < -0.3 is 15.2 Å². The highest BCUT2D eigenvalue weighted by Gasteiger charge is 2.13. The largest absolute Gasteiger partial charge is 0.452 e. The molecule has 0 aliphatic heterocycles. The molecule has 4 nitrogen and oxygen atoms in total. The molecule has 0 spiro atoms. The molecule has 0 saturated heterocycles. The molecule has 0 unspecified atom stereocenters. The molecular formula is C15H14FNO3.